The van der Waals surface area contributed by atoms with E-state index in [4.69, 9.17) is 11.5 Å². The SMILES string of the molecule is NC1=CC(N)CC=C1N1CCN(C(C2=CC=C(F)CC2)C2C=CC(F)=CC2)CC1. The maximum absolute atomic E-state index is 13.6. The van der Waals surface area contributed by atoms with E-state index < -0.39 is 0 Å². The number of halogens is 2. The fourth-order valence-electron chi connectivity index (χ4n) is 4.80. The van der Waals surface area contributed by atoms with Crippen molar-refractivity contribution < 1.29 is 8.78 Å². The quantitative estimate of drug-likeness (QED) is 0.759. The van der Waals surface area contributed by atoms with Gasteiger partial charge >= 0.3 is 0 Å². The molecule has 0 spiro atoms. The van der Waals surface area contributed by atoms with Gasteiger partial charge in [0.05, 0.1) is 11.4 Å². The molecule has 6 heteroatoms. The Kier molecular flexibility index (Phi) is 6.01. The maximum Gasteiger partial charge on any atom is 0.118 e. The number of hydrogen-bond acceptors (Lipinski definition) is 4. The van der Waals surface area contributed by atoms with Crippen LogP contribution in [-0.4, -0.2) is 48.1 Å². The van der Waals surface area contributed by atoms with E-state index in [0.717, 1.165) is 50.4 Å². The summed E-state index contributed by atoms with van der Waals surface area (Å²) in [5.74, 6) is -0.0241. The number of nitrogens with two attached hydrogens (primary N) is 2. The summed E-state index contributed by atoms with van der Waals surface area (Å²) >= 11 is 0. The lowest BCUT2D eigenvalue weighted by Gasteiger charge is -2.45. The summed E-state index contributed by atoms with van der Waals surface area (Å²) in [4.78, 5) is 4.80. The van der Waals surface area contributed by atoms with Crippen LogP contribution in [0.25, 0.3) is 0 Å². The Morgan fingerprint density at radius 2 is 1.79 bits per heavy atom. The smallest absolute Gasteiger partial charge is 0.118 e. The van der Waals surface area contributed by atoms with Crippen LogP contribution in [0.2, 0.25) is 0 Å². The lowest BCUT2D eigenvalue weighted by molar-refractivity contribution is 0.109. The highest BCUT2D eigenvalue weighted by Gasteiger charge is 2.33. The van der Waals surface area contributed by atoms with Gasteiger partial charge in [0.2, 0.25) is 0 Å². The Labute approximate surface area is 171 Å². The van der Waals surface area contributed by atoms with E-state index in [1.807, 2.05) is 18.2 Å². The molecule has 4 N–H and O–H groups in total. The van der Waals surface area contributed by atoms with Crippen molar-refractivity contribution in [2.24, 2.45) is 17.4 Å². The molecule has 0 amide bonds. The summed E-state index contributed by atoms with van der Waals surface area (Å²) in [5, 5.41) is 0. The van der Waals surface area contributed by atoms with Gasteiger partial charge in [0.1, 0.15) is 11.7 Å². The molecule has 0 aromatic heterocycles. The van der Waals surface area contributed by atoms with Crippen LogP contribution >= 0.6 is 0 Å². The van der Waals surface area contributed by atoms with Crippen LogP contribution < -0.4 is 11.5 Å². The molecule has 1 fully saturated rings. The van der Waals surface area contributed by atoms with E-state index in [1.54, 1.807) is 18.2 Å². The van der Waals surface area contributed by atoms with Crippen molar-refractivity contribution in [1.82, 2.24) is 9.80 Å². The van der Waals surface area contributed by atoms with Crippen molar-refractivity contribution in [3.05, 3.63) is 71.2 Å². The third-order valence-electron chi connectivity index (χ3n) is 6.32. The highest BCUT2D eigenvalue weighted by Crippen LogP contribution is 2.34. The van der Waals surface area contributed by atoms with Gasteiger partial charge in [-0.25, -0.2) is 8.78 Å². The van der Waals surface area contributed by atoms with Crippen LogP contribution in [0.15, 0.2) is 71.2 Å². The minimum Gasteiger partial charge on any atom is -0.397 e. The van der Waals surface area contributed by atoms with Gasteiger partial charge in [-0.1, -0.05) is 23.8 Å². The van der Waals surface area contributed by atoms with Crippen molar-refractivity contribution in [3.8, 4) is 0 Å². The first kappa shape index (κ1) is 20.1. The average Bonchev–Trinajstić information content (AvgIpc) is 2.72. The Hall–Kier alpha value is -2.18. The number of hydrogen-bond donors (Lipinski definition) is 2. The Balaban J connectivity index is 1.48. The minimum atomic E-state index is -0.168. The van der Waals surface area contributed by atoms with Gasteiger partial charge in [0.25, 0.3) is 0 Å². The summed E-state index contributed by atoms with van der Waals surface area (Å²) in [5.41, 5.74) is 15.3. The van der Waals surface area contributed by atoms with Crippen molar-refractivity contribution in [1.29, 1.82) is 0 Å². The lowest BCUT2D eigenvalue weighted by Crippen LogP contribution is -2.53. The molecule has 0 saturated carbocycles. The van der Waals surface area contributed by atoms with E-state index in [-0.39, 0.29) is 29.7 Å². The van der Waals surface area contributed by atoms with Gasteiger partial charge in [-0.15, -0.1) is 0 Å². The highest BCUT2D eigenvalue weighted by atomic mass is 19.1. The largest absolute Gasteiger partial charge is 0.397 e. The lowest BCUT2D eigenvalue weighted by atomic mass is 9.83. The predicted octanol–water partition coefficient (Wildman–Crippen LogP) is 3.43. The van der Waals surface area contributed by atoms with E-state index >= 15 is 0 Å². The van der Waals surface area contributed by atoms with Gasteiger partial charge in [-0.2, -0.15) is 0 Å². The minimum absolute atomic E-state index is 0.00245. The van der Waals surface area contributed by atoms with E-state index in [1.165, 1.54) is 5.57 Å². The second-order valence-electron chi connectivity index (χ2n) is 8.28. The number of allylic oxidation sites excluding steroid dienone is 6. The molecular formula is C23H30F2N4. The molecule has 3 aliphatic carbocycles. The van der Waals surface area contributed by atoms with Crippen LogP contribution in [0.1, 0.15) is 25.7 Å². The van der Waals surface area contributed by atoms with Gasteiger partial charge in [0.15, 0.2) is 0 Å². The Morgan fingerprint density at radius 1 is 1.00 bits per heavy atom. The third kappa shape index (κ3) is 4.54. The first-order chi connectivity index (χ1) is 14.0. The summed E-state index contributed by atoms with van der Waals surface area (Å²) in [6.07, 6.45) is 15.5. The topological polar surface area (TPSA) is 58.5 Å². The normalized spacial score (nSPS) is 29.5. The van der Waals surface area contributed by atoms with Crippen LogP contribution in [0.4, 0.5) is 8.78 Å². The molecule has 29 heavy (non-hydrogen) atoms. The number of nitrogens with zero attached hydrogens (tertiary/aromatic N) is 2. The average molecular weight is 401 g/mol. The summed E-state index contributed by atoms with van der Waals surface area (Å²) in [6, 6.07) is 0.173. The molecule has 3 atom stereocenters. The van der Waals surface area contributed by atoms with Gasteiger partial charge < -0.3 is 16.4 Å². The molecular weight excluding hydrogens is 370 g/mol. The monoisotopic (exact) mass is 400 g/mol. The summed E-state index contributed by atoms with van der Waals surface area (Å²) in [7, 11) is 0. The third-order valence-corrected chi connectivity index (χ3v) is 6.32. The van der Waals surface area contributed by atoms with Crippen LogP contribution in [0, 0.1) is 5.92 Å². The van der Waals surface area contributed by atoms with Gasteiger partial charge in [0, 0.05) is 50.6 Å². The van der Waals surface area contributed by atoms with Gasteiger partial charge in [-0.3, -0.25) is 4.90 Å². The fraction of sp³-hybridized carbons (Fsp3) is 0.478. The first-order valence-electron chi connectivity index (χ1n) is 10.5. The zero-order chi connectivity index (χ0) is 20.4. The molecule has 3 unspecified atom stereocenters. The molecule has 0 bridgehead atoms. The maximum atomic E-state index is 13.6. The van der Waals surface area contributed by atoms with Gasteiger partial charge in [-0.05, 0) is 43.6 Å². The number of piperazine rings is 1. The second kappa shape index (κ2) is 8.67. The number of rotatable bonds is 4. The fourth-order valence-corrected chi connectivity index (χ4v) is 4.80. The first-order valence-corrected chi connectivity index (χ1v) is 10.5. The molecule has 0 radical (unpaired) electrons. The second-order valence-corrected chi connectivity index (χ2v) is 8.28. The Morgan fingerprint density at radius 3 is 2.41 bits per heavy atom. The van der Waals surface area contributed by atoms with Crippen molar-refractivity contribution >= 4 is 0 Å². The van der Waals surface area contributed by atoms with Crippen molar-refractivity contribution in [2.75, 3.05) is 26.2 Å². The molecule has 1 heterocycles. The molecule has 1 aliphatic heterocycles. The predicted molar refractivity (Wildman–Crippen MR) is 113 cm³/mol. The van der Waals surface area contributed by atoms with E-state index in [2.05, 4.69) is 15.9 Å². The van der Waals surface area contributed by atoms with E-state index in [0.29, 0.717) is 12.8 Å². The molecule has 156 valence electrons. The molecule has 4 rings (SSSR count). The Bertz CT molecular complexity index is 813. The van der Waals surface area contributed by atoms with Crippen LogP contribution in [-0.2, 0) is 0 Å². The molecule has 0 aromatic rings. The highest BCUT2D eigenvalue weighted by molar-refractivity contribution is 5.33. The molecule has 4 nitrogen and oxygen atoms in total. The molecule has 0 aromatic carbocycles. The summed E-state index contributed by atoms with van der Waals surface area (Å²) in [6.45, 7) is 3.54. The zero-order valence-corrected chi connectivity index (χ0v) is 16.7. The van der Waals surface area contributed by atoms with Crippen molar-refractivity contribution in [3.63, 3.8) is 0 Å². The van der Waals surface area contributed by atoms with Crippen molar-refractivity contribution in [2.45, 2.75) is 37.8 Å². The standard InChI is InChI=1S/C23H30F2N4/c24-18-5-1-16(2-6-18)23(17-3-7-19(25)8-4-17)29-13-11-28(12-14-29)22-10-9-20(26)15-21(22)27/h1,3,5-7,10,15-16,20,23H,2,4,8-9,11-14,26-27H2. The molecule has 1 saturated heterocycles. The molecule has 4 aliphatic rings. The summed E-state index contributed by atoms with van der Waals surface area (Å²) < 4.78 is 27.1. The van der Waals surface area contributed by atoms with Crippen LogP contribution in [0.3, 0.4) is 0 Å². The zero-order valence-electron chi connectivity index (χ0n) is 16.7. The van der Waals surface area contributed by atoms with Crippen LogP contribution in [0.5, 0.6) is 0 Å². The van der Waals surface area contributed by atoms with E-state index in [9.17, 15) is 8.78 Å².